The highest BCUT2D eigenvalue weighted by Crippen LogP contribution is 2.48. The van der Waals surface area contributed by atoms with Crippen molar-refractivity contribution in [2.24, 2.45) is 0 Å². The topological polar surface area (TPSA) is 105 Å². The van der Waals surface area contributed by atoms with Crippen LogP contribution in [0.1, 0.15) is 72.9 Å². The molecule has 2 aromatic rings. The van der Waals surface area contributed by atoms with Gasteiger partial charge in [-0.05, 0) is 70.9 Å². The van der Waals surface area contributed by atoms with Crippen LogP contribution in [0.4, 0.5) is 10.6 Å². The molecule has 36 heavy (non-hydrogen) atoms. The Balaban J connectivity index is 1.44. The number of piperazine rings is 1. The monoisotopic (exact) mass is 494 g/mol. The van der Waals surface area contributed by atoms with Gasteiger partial charge in [-0.1, -0.05) is 18.2 Å². The van der Waals surface area contributed by atoms with E-state index in [-0.39, 0.29) is 11.9 Å². The highest BCUT2D eigenvalue weighted by Gasteiger charge is 2.44. The van der Waals surface area contributed by atoms with Crippen LogP contribution in [-0.4, -0.2) is 63.8 Å². The Bertz CT molecular complexity index is 1200. The second-order valence-corrected chi connectivity index (χ2v) is 11.0. The molecule has 1 unspecified atom stereocenters. The number of carboxylic acids is 1. The van der Waals surface area contributed by atoms with E-state index in [9.17, 15) is 14.7 Å². The first-order valence-corrected chi connectivity index (χ1v) is 12.7. The number of hydrogen-bond donors (Lipinski definition) is 1. The van der Waals surface area contributed by atoms with E-state index >= 15 is 0 Å². The van der Waals surface area contributed by atoms with Gasteiger partial charge in [-0.25, -0.2) is 14.6 Å². The lowest BCUT2D eigenvalue weighted by Crippen LogP contribution is -2.51. The van der Waals surface area contributed by atoms with Crippen LogP contribution in [-0.2, 0) is 23.2 Å². The van der Waals surface area contributed by atoms with Gasteiger partial charge in [0, 0.05) is 31.7 Å². The van der Waals surface area contributed by atoms with Crippen molar-refractivity contribution in [3.63, 3.8) is 0 Å². The van der Waals surface area contributed by atoms with Crippen molar-refractivity contribution in [3.05, 3.63) is 46.3 Å². The standard InChI is InChI=1S/C27H34N4O5/c1-17-7-5-8-18-9-6-11-27(20(17)18)12-10-19-22(28-21(24(32)33)29-23(19)35-27)30-13-15-31(16-14-30)25(34)36-26(2,3)4/h5,7-8H,6,9-16H2,1-4H3,(H,32,33). The lowest BCUT2D eigenvalue weighted by Gasteiger charge is -2.44. The molecule has 1 atom stereocenters. The summed E-state index contributed by atoms with van der Waals surface area (Å²) in [4.78, 5) is 37.0. The van der Waals surface area contributed by atoms with Crippen molar-refractivity contribution >= 4 is 17.9 Å². The summed E-state index contributed by atoms with van der Waals surface area (Å²) in [6.45, 7) is 9.63. The van der Waals surface area contributed by atoms with Gasteiger partial charge in [0.15, 0.2) is 0 Å². The number of fused-ring (bicyclic) bond motifs is 3. The largest absolute Gasteiger partial charge is 0.475 e. The molecule has 2 aliphatic heterocycles. The first kappa shape index (κ1) is 24.3. The van der Waals surface area contributed by atoms with Gasteiger partial charge in [-0.15, -0.1) is 0 Å². The zero-order valence-electron chi connectivity index (χ0n) is 21.5. The minimum atomic E-state index is -1.19. The molecule has 0 bridgehead atoms. The Labute approximate surface area is 211 Å². The molecule has 1 aliphatic carbocycles. The molecule has 3 aliphatic rings. The van der Waals surface area contributed by atoms with Gasteiger partial charge < -0.3 is 24.4 Å². The average molecular weight is 495 g/mol. The van der Waals surface area contributed by atoms with E-state index in [1.54, 1.807) is 4.90 Å². The summed E-state index contributed by atoms with van der Waals surface area (Å²) in [5.74, 6) is -0.489. The van der Waals surface area contributed by atoms with Crippen LogP contribution >= 0.6 is 0 Å². The molecule has 1 amide bonds. The maximum absolute atomic E-state index is 12.5. The molecule has 0 radical (unpaired) electrons. The number of carbonyl (C=O) groups is 2. The molecular formula is C27H34N4O5. The summed E-state index contributed by atoms with van der Waals surface area (Å²) in [6, 6.07) is 6.37. The van der Waals surface area contributed by atoms with Gasteiger partial charge in [0.2, 0.25) is 11.7 Å². The number of aromatic carboxylic acids is 1. The first-order valence-electron chi connectivity index (χ1n) is 12.7. The van der Waals surface area contributed by atoms with Crippen LogP contribution in [0.15, 0.2) is 18.2 Å². The summed E-state index contributed by atoms with van der Waals surface area (Å²) in [7, 11) is 0. The van der Waals surface area contributed by atoms with Crippen molar-refractivity contribution in [3.8, 4) is 5.88 Å². The fourth-order valence-corrected chi connectivity index (χ4v) is 5.73. The molecular weight excluding hydrogens is 460 g/mol. The number of aryl methyl sites for hydroxylation is 2. The Hall–Kier alpha value is -3.36. The second kappa shape index (κ2) is 8.94. The number of anilines is 1. The Morgan fingerprint density at radius 2 is 1.83 bits per heavy atom. The number of aromatic nitrogens is 2. The van der Waals surface area contributed by atoms with Crippen LogP contribution in [0.2, 0.25) is 0 Å². The summed E-state index contributed by atoms with van der Waals surface area (Å²) in [5.41, 5.74) is 3.52. The average Bonchev–Trinajstić information content (AvgIpc) is 2.82. The van der Waals surface area contributed by atoms with Crippen molar-refractivity contribution in [1.29, 1.82) is 0 Å². The molecule has 1 spiro atoms. The third-order valence-corrected chi connectivity index (χ3v) is 7.28. The molecule has 5 rings (SSSR count). The SMILES string of the molecule is Cc1cccc2c1C1(CCC2)CCc2c(nc(C(=O)O)nc2N2CCN(C(=O)OC(C)(C)C)CC2)O1. The molecule has 1 aromatic carbocycles. The number of nitrogens with zero attached hydrogens (tertiary/aromatic N) is 4. The predicted molar refractivity (Wildman–Crippen MR) is 134 cm³/mol. The molecule has 1 fully saturated rings. The summed E-state index contributed by atoms with van der Waals surface area (Å²) >= 11 is 0. The summed E-state index contributed by atoms with van der Waals surface area (Å²) < 4.78 is 12.2. The van der Waals surface area contributed by atoms with Crippen molar-refractivity contribution in [2.75, 3.05) is 31.1 Å². The van der Waals surface area contributed by atoms with Gasteiger partial charge in [0.1, 0.15) is 17.0 Å². The van der Waals surface area contributed by atoms with E-state index in [4.69, 9.17) is 9.47 Å². The lowest BCUT2D eigenvalue weighted by atomic mass is 9.73. The number of rotatable bonds is 2. The molecule has 192 valence electrons. The summed E-state index contributed by atoms with van der Waals surface area (Å²) in [5, 5.41) is 9.77. The maximum atomic E-state index is 12.5. The van der Waals surface area contributed by atoms with E-state index < -0.39 is 17.2 Å². The number of hydrogen-bond acceptors (Lipinski definition) is 7. The van der Waals surface area contributed by atoms with E-state index in [2.05, 4.69) is 35.1 Å². The number of carbonyl (C=O) groups excluding carboxylic acids is 1. The quantitative estimate of drug-likeness (QED) is 0.665. The number of amides is 1. The Morgan fingerprint density at radius 1 is 1.08 bits per heavy atom. The predicted octanol–water partition coefficient (Wildman–Crippen LogP) is 4.10. The number of benzene rings is 1. The molecule has 9 heteroatoms. The third kappa shape index (κ3) is 4.47. The lowest BCUT2D eigenvalue weighted by molar-refractivity contribution is 0.0184. The number of carboxylic acid groups (broad SMARTS) is 1. The van der Waals surface area contributed by atoms with Crippen LogP contribution in [0, 0.1) is 6.92 Å². The molecule has 0 saturated carbocycles. The van der Waals surface area contributed by atoms with Gasteiger partial charge in [-0.2, -0.15) is 4.98 Å². The van der Waals surface area contributed by atoms with Crippen LogP contribution in [0.3, 0.4) is 0 Å². The van der Waals surface area contributed by atoms with E-state index in [0.717, 1.165) is 31.2 Å². The van der Waals surface area contributed by atoms with Gasteiger partial charge in [-0.3, -0.25) is 0 Å². The zero-order valence-corrected chi connectivity index (χ0v) is 21.5. The highest BCUT2D eigenvalue weighted by molar-refractivity contribution is 5.84. The smallest absolute Gasteiger partial charge is 0.410 e. The number of ether oxygens (including phenoxy) is 2. The molecule has 3 heterocycles. The third-order valence-electron chi connectivity index (χ3n) is 7.28. The molecule has 9 nitrogen and oxygen atoms in total. The summed E-state index contributed by atoms with van der Waals surface area (Å²) in [6.07, 6.45) is 4.06. The van der Waals surface area contributed by atoms with Gasteiger partial charge in [0.25, 0.3) is 0 Å². The highest BCUT2D eigenvalue weighted by atomic mass is 16.6. The fraction of sp³-hybridized carbons (Fsp3) is 0.556. The van der Waals surface area contributed by atoms with Gasteiger partial charge in [0.05, 0.1) is 5.56 Å². The van der Waals surface area contributed by atoms with Gasteiger partial charge >= 0.3 is 12.1 Å². The van der Waals surface area contributed by atoms with Crippen molar-refractivity contribution in [2.45, 2.75) is 71.0 Å². The fourth-order valence-electron chi connectivity index (χ4n) is 5.73. The van der Waals surface area contributed by atoms with E-state index in [1.165, 1.54) is 16.7 Å². The van der Waals surface area contributed by atoms with Crippen LogP contribution in [0.5, 0.6) is 5.88 Å². The second-order valence-electron chi connectivity index (χ2n) is 11.0. The molecule has 1 aromatic heterocycles. The van der Waals surface area contributed by atoms with Crippen molar-refractivity contribution < 1.29 is 24.2 Å². The molecule has 1 saturated heterocycles. The van der Waals surface area contributed by atoms with Crippen molar-refractivity contribution in [1.82, 2.24) is 14.9 Å². The Morgan fingerprint density at radius 3 is 2.53 bits per heavy atom. The Kier molecular flexibility index (Phi) is 6.04. The van der Waals surface area contributed by atoms with Crippen LogP contribution < -0.4 is 9.64 Å². The van der Waals surface area contributed by atoms with Crippen LogP contribution in [0.25, 0.3) is 0 Å². The molecule has 1 N–H and O–H groups in total. The minimum Gasteiger partial charge on any atom is -0.475 e. The zero-order chi connectivity index (χ0) is 25.7. The maximum Gasteiger partial charge on any atom is 0.410 e. The van der Waals surface area contributed by atoms with E-state index in [1.807, 2.05) is 25.7 Å². The minimum absolute atomic E-state index is 0.267. The van der Waals surface area contributed by atoms with E-state index in [0.29, 0.717) is 44.3 Å². The normalized spacial score (nSPS) is 21.4. The first-order chi connectivity index (χ1) is 17.1.